The van der Waals surface area contributed by atoms with Crippen LogP contribution in [-0.4, -0.2) is 41.1 Å². The Balaban J connectivity index is 1.29. The minimum absolute atomic E-state index is 0.666. The van der Waals surface area contributed by atoms with E-state index in [-0.39, 0.29) is 0 Å². The van der Waals surface area contributed by atoms with Crippen molar-refractivity contribution >= 4 is 11.8 Å². The zero-order chi connectivity index (χ0) is 15.2. The summed E-state index contributed by atoms with van der Waals surface area (Å²) < 4.78 is 5.44. The summed E-state index contributed by atoms with van der Waals surface area (Å²) in [7, 11) is 0. The van der Waals surface area contributed by atoms with Gasteiger partial charge in [0.2, 0.25) is 0 Å². The van der Waals surface area contributed by atoms with Gasteiger partial charge in [0.1, 0.15) is 18.4 Å². The van der Waals surface area contributed by atoms with Crippen molar-refractivity contribution in [3.05, 3.63) is 30.5 Å². The van der Waals surface area contributed by atoms with Crippen molar-refractivity contribution in [3.8, 4) is 0 Å². The van der Waals surface area contributed by atoms with E-state index in [0.717, 1.165) is 38.0 Å². The Kier molecular flexibility index (Phi) is 3.02. The van der Waals surface area contributed by atoms with Crippen LogP contribution in [-0.2, 0) is 0 Å². The number of anilines is 2. The van der Waals surface area contributed by atoms with Gasteiger partial charge >= 0.3 is 0 Å². The Morgan fingerprint density at radius 2 is 1.74 bits per heavy atom. The lowest BCUT2D eigenvalue weighted by Gasteiger charge is -2.26. The van der Waals surface area contributed by atoms with Gasteiger partial charge in [0.05, 0.1) is 6.20 Å². The van der Waals surface area contributed by atoms with Gasteiger partial charge in [-0.1, -0.05) is 6.42 Å². The van der Waals surface area contributed by atoms with Crippen LogP contribution < -0.4 is 9.80 Å². The van der Waals surface area contributed by atoms with Gasteiger partial charge in [0.25, 0.3) is 6.01 Å². The highest BCUT2D eigenvalue weighted by Crippen LogP contribution is 2.38. The van der Waals surface area contributed by atoms with Gasteiger partial charge in [-0.15, -0.1) is 0 Å². The fraction of sp³-hybridized carbons (Fsp3) is 0.588. The quantitative estimate of drug-likeness (QED) is 0.867. The van der Waals surface area contributed by atoms with Crippen LogP contribution in [0.5, 0.6) is 0 Å². The Hall–Kier alpha value is -2.11. The number of fused-ring (bicyclic) bond motifs is 1. The summed E-state index contributed by atoms with van der Waals surface area (Å²) in [5, 5.41) is 0. The van der Waals surface area contributed by atoms with Gasteiger partial charge in [-0.3, -0.25) is 0 Å². The first-order valence-corrected chi connectivity index (χ1v) is 8.58. The van der Waals surface area contributed by atoms with E-state index in [2.05, 4.69) is 30.8 Å². The number of aromatic nitrogens is 3. The van der Waals surface area contributed by atoms with Crippen molar-refractivity contribution in [3.63, 3.8) is 0 Å². The van der Waals surface area contributed by atoms with Crippen molar-refractivity contribution in [1.29, 1.82) is 0 Å². The molecule has 2 atom stereocenters. The smallest absolute Gasteiger partial charge is 0.297 e. The molecule has 2 aromatic rings. The molecule has 0 amide bonds. The predicted octanol–water partition coefficient (Wildman–Crippen LogP) is 2.30. The number of hydrogen-bond donors (Lipinski definition) is 0. The summed E-state index contributed by atoms with van der Waals surface area (Å²) >= 11 is 0. The fourth-order valence-corrected chi connectivity index (χ4v) is 4.17. The summed E-state index contributed by atoms with van der Waals surface area (Å²) in [6.45, 7) is 4.20. The largest absolute Gasteiger partial charge is 0.432 e. The maximum atomic E-state index is 5.44. The molecule has 2 aromatic heterocycles. The second kappa shape index (κ2) is 5.22. The lowest BCUT2D eigenvalue weighted by molar-refractivity contribution is 0.410. The zero-order valence-corrected chi connectivity index (χ0v) is 13.1. The second-order valence-electron chi connectivity index (χ2n) is 7.07. The van der Waals surface area contributed by atoms with E-state index >= 15 is 0 Å². The van der Waals surface area contributed by atoms with Crippen LogP contribution in [0.1, 0.15) is 30.9 Å². The molecule has 2 saturated heterocycles. The lowest BCUT2D eigenvalue weighted by Crippen LogP contribution is -2.29. The standard InChI is InChI=1S/C17H21N5O/c1-2-12(3-1)15-6-16(20-11-19-15)21-7-13-9-22(10-14(13)8-21)17-18-4-5-23-17/h4-6,11-14H,1-3,7-10H2. The molecule has 23 heavy (non-hydrogen) atoms. The lowest BCUT2D eigenvalue weighted by atomic mass is 9.83. The predicted molar refractivity (Wildman–Crippen MR) is 86.5 cm³/mol. The highest BCUT2D eigenvalue weighted by Gasteiger charge is 2.41. The Morgan fingerprint density at radius 1 is 0.957 bits per heavy atom. The van der Waals surface area contributed by atoms with Crippen LogP contribution in [0.2, 0.25) is 0 Å². The second-order valence-corrected chi connectivity index (χ2v) is 7.07. The maximum absolute atomic E-state index is 5.44. The summed E-state index contributed by atoms with van der Waals surface area (Å²) in [5.74, 6) is 3.12. The summed E-state index contributed by atoms with van der Waals surface area (Å²) in [5.41, 5.74) is 1.24. The first kappa shape index (κ1) is 13.3. The number of nitrogens with zero attached hydrogens (tertiary/aromatic N) is 5. The van der Waals surface area contributed by atoms with Crippen molar-refractivity contribution in [2.75, 3.05) is 36.0 Å². The zero-order valence-electron chi connectivity index (χ0n) is 13.1. The normalized spacial score (nSPS) is 27.3. The van der Waals surface area contributed by atoms with Crippen LogP contribution in [0, 0.1) is 11.8 Å². The molecule has 6 nitrogen and oxygen atoms in total. The molecular formula is C17H21N5O. The topological polar surface area (TPSA) is 58.3 Å². The molecular weight excluding hydrogens is 290 g/mol. The average molecular weight is 311 g/mol. The van der Waals surface area contributed by atoms with E-state index < -0.39 is 0 Å². The van der Waals surface area contributed by atoms with Crippen LogP contribution in [0.4, 0.5) is 11.8 Å². The molecule has 5 rings (SSSR count). The monoisotopic (exact) mass is 311 g/mol. The van der Waals surface area contributed by atoms with E-state index in [1.807, 2.05) is 0 Å². The van der Waals surface area contributed by atoms with Crippen molar-refractivity contribution in [2.24, 2.45) is 11.8 Å². The molecule has 0 aromatic carbocycles. The molecule has 0 N–H and O–H groups in total. The van der Waals surface area contributed by atoms with Gasteiger partial charge in [0.15, 0.2) is 0 Å². The van der Waals surface area contributed by atoms with Crippen molar-refractivity contribution < 1.29 is 4.42 Å². The Morgan fingerprint density at radius 3 is 2.39 bits per heavy atom. The first-order chi connectivity index (χ1) is 11.4. The average Bonchev–Trinajstić information content (AvgIpc) is 3.21. The van der Waals surface area contributed by atoms with Crippen LogP contribution >= 0.6 is 0 Å². The van der Waals surface area contributed by atoms with Crippen LogP contribution in [0.3, 0.4) is 0 Å². The third-order valence-corrected chi connectivity index (χ3v) is 5.70. The fourth-order valence-electron chi connectivity index (χ4n) is 4.17. The molecule has 2 unspecified atom stereocenters. The Bertz CT molecular complexity index is 670. The molecule has 4 heterocycles. The van der Waals surface area contributed by atoms with E-state index in [0.29, 0.717) is 17.8 Å². The van der Waals surface area contributed by atoms with Gasteiger partial charge in [-0.2, -0.15) is 0 Å². The molecule has 6 heteroatoms. The van der Waals surface area contributed by atoms with E-state index in [1.54, 1.807) is 18.8 Å². The van der Waals surface area contributed by atoms with Gasteiger partial charge in [-0.25, -0.2) is 15.0 Å². The third-order valence-electron chi connectivity index (χ3n) is 5.70. The molecule has 1 saturated carbocycles. The van der Waals surface area contributed by atoms with Crippen LogP contribution in [0.15, 0.2) is 29.3 Å². The van der Waals surface area contributed by atoms with Crippen molar-refractivity contribution in [2.45, 2.75) is 25.2 Å². The van der Waals surface area contributed by atoms with Crippen molar-refractivity contribution in [1.82, 2.24) is 15.0 Å². The third kappa shape index (κ3) is 2.28. The van der Waals surface area contributed by atoms with Gasteiger partial charge in [0, 0.05) is 55.7 Å². The molecule has 0 radical (unpaired) electrons. The maximum Gasteiger partial charge on any atom is 0.297 e. The molecule has 0 spiro atoms. The molecule has 2 aliphatic heterocycles. The molecule has 1 aliphatic carbocycles. The molecule has 0 bridgehead atoms. The molecule has 120 valence electrons. The Labute approximate surface area is 135 Å². The highest BCUT2D eigenvalue weighted by atomic mass is 16.4. The van der Waals surface area contributed by atoms with E-state index in [1.165, 1.54) is 25.0 Å². The minimum atomic E-state index is 0.666. The SMILES string of the molecule is c1nc(C2CCC2)cc(N2CC3CN(c4ncco4)CC3C2)n1. The summed E-state index contributed by atoms with van der Waals surface area (Å²) in [4.78, 5) is 18.0. The number of oxazole rings is 1. The summed E-state index contributed by atoms with van der Waals surface area (Å²) in [6.07, 6.45) is 9.03. The van der Waals surface area contributed by atoms with E-state index in [9.17, 15) is 0 Å². The van der Waals surface area contributed by atoms with Crippen LogP contribution in [0.25, 0.3) is 0 Å². The number of rotatable bonds is 3. The first-order valence-electron chi connectivity index (χ1n) is 8.58. The van der Waals surface area contributed by atoms with Gasteiger partial charge in [-0.05, 0) is 12.8 Å². The minimum Gasteiger partial charge on any atom is -0.432 e. The number of hydrogen-bond acceptors (Lipinski definition) is 6. The molecule has 3 fully saturated rings. The van der Waals surface area contributed by atoms with Gasteiger partial charge < -0.3 is 14.2 Å². The van der Waals surface area contributed by atoms with E-state index in [4.69, 9.17) is 4.42 Å². The highest BCUT2D eigenvalue weighted by molar-refractivity contribution is 5.43. The molecule has 3 aliphatic rings. The summed E-state index contributed by atoms with van der Waals surface area (Å²) in [6, 6.07) is 2.98.